The van der Waals surface area contributed by atoms with Gasteiger partial charge in [-0.2, -0.15) is 0 Å². The number of amides is 2. The van der Waals surface area contributed by atoms with Crippen molar-refractivity contribution < 1.29 is 9.59 Å². The molecule has 1 aliphatic rings. The third-order valence-electron chi connectivity index (χ3n) is 7.22. The van der Waals surface area contributed by atoms with Gasteiger partial charge in [-0.3, -0.25) is 14.9 Å². The average Bonchev–Trinajstić information content (AvgIpc) is 3.11. The van der Waals surface area contributed by atoms with Crippen LogP contribution in [-0.2, 0) is 9.59 Å². The first kappa shape index (κ1) is 29.2. The van der Waals surface area contributed by atoms with Crippen LogP contribution in [0.2, 0.25) is 0 Å². The Bertz CT molecular complexity index is 448. The lowest BCUT2D eigenvalue weighted by Crippen LogP contribution is -2.21. The second-order valence-corrected chi connectivity index (χ2v) is 10.4. The number of hydrogen-bond donors (Lipinski definition) is 1. The summed E-state index contributed by atoms with van der Waals surface area (Å²) in [5.41, 5.74) is 0. The van der Waals surface area contributed by atoms with Gasteiger partial charge in [0.15, 0.2) is 0 Å². The van der Waals surface area contributed by atoms with Gasteiger partial charge in [-0.1, -0.05) is 155 Å². The van der Waals surface area contributed by atoms with Crippen LogP contribution < -0.4 is 5.32 Å². The first-order valence-electron chi connectivity index (χ1n) is 14.6. The summed E-state index contributed by atoms with van der Waals surface area (Å²) in [6.45, 7) is 2.29. The Morgan fingerprint density at radius 2 is 0.844 bits per heavy atom. The summed E-state index contributed by atoms with van der Waals surface area (Å²) >= 11 is 0. The second kappa shape index (κ2) is 22.0. The van der Waals surface area contributed by atoms with Crippen molar-refractivity contribution in [2.45, 2.75) is 167 Å². The van der Waals surface area contributed by atoms with Crippen molar-refractivity contribution in [2.24, 2.45) is 5.92 Å². The van der Waals surface area contributed by atoms with E-state index in [1.54, 1.807) is 0 Å². The molecule has 1 saturated heterocycles. The Kier molecular flexibility index (Phi) is 20.0. The summed E-state index contributed by atoms with van der Waals surface area (Å²) in [5, 5.41) is 2.41. The first-order valence-corrected chi connectivity index (χ1v) is 14.6. The predicted octanol–water partition coefficient (Wildman–Crippen LogP) is 9.03. The van der Waals surface area contributed by atoms with E-state index in [-0.39, 0.29) is 17.7 Å². The van der Waals surface area contributed by atoms with Crippen molar-refractivity contribution in [1.82, 2.24) is 5.32 Å². The highest BCUT2D eigenvalue weighted by atomic mass is 16.2. The minimum atomic E-state index is -0.0888. The van der Waals surface area contributed by atoms with Crippen molar-refractivity contribution in [3.63, 3.8) is 0 Å². The van der Waals surface area contributed by atoms with E-state index in [0.717, 1.165) is 12.8 Å². The molecule has 2 amide bonds. The number of carbonyl (C=O) groups is 2. The largest absolute Gasteiger partial charge is 0.296 e. The number of nitrogens with one attached hydrogen (secondary N) is 1. The molecule has 0 radical (unpaired) electrons. The molecule has 0 aromatic carbocycles. The predicted molar refractivity (Wildman–Crippen MR) is 138 cm³/mol. The van der Waals surface area contributed by atoms with Gasteiger partial charge in [-0.15, -0.1) is 0 Å². The molecule has 0 aromatic rings. The van der Waals surface area contributed by atoms with E-state index in [0.29, 0.717) is 6.42 Å². The number of unbranched alkanes of at least 4 members (excludes halogenated alkanes) is 22. The van der Waals surface area contributed by atoms with E-state index < -0.39 is 0 Å². The van der Waals surface area contributed by atoms with Crippen LogP contribution >= 0.6 is 0 Å². The molecule has 0 aliphatic carbocycles. The van der Waals surface area contributed by atoms with Crippen molar-refractivity contribution in [3.8, 4) is 0 Å². The summed E-state index contributed by atoms with van der Waals surface area (Å²) < 4.78 is 0. The van der Waals surface area contributed by atoms with E-state index in [2.05, 4.69) is 12.2 Å². The highest BCUT2D eigenvalue weighted by Crippen LogP contribution is 2.20. The Morgan fingerprint density at radius 3 is 1.12 bits per heavy atom. The maximum absolute atomic E-state index is 11.5. The molecule has 0 aromatic heterocycles. The summed E-state index contributed by atoms with van der Waals surface area (Å²) in [5.74, 6) is -0.180. The molecule has 1 fully saturated rings. The van der Waals surface area contributed by atoms with Crippen LogP contribution in [0, 0.1) is 5.92 Å². The normalized spacial score (nSPS) is 16.1. The van der Waals surface area contributed by atoms with Gasteiger partial charge in [0.1, 0.15) is 0 Å². The fraction of sp³-hybridized carbons (Fsp3) is 0.931. The third-order valence-corrected chi connectivity index (χ3v) is 7.22. The lowest BCUT2D eigenvalue weighted by molar-refractivity contribution is -0.125. The molecule has 188 valence electrons. The van der Waals surface area contributed by atoms with Gasteiger partial charge in [0.05, 0.1) is 0 Å². The summed E-state index contributed by atoms with van der Waals surface area (Å²) in [6.07, 6.45) is 33.5. The van der Waals surface area contributed by atoms with Crippen LogP contribution in [0.25, 0.3) is 0 Å². The van der Waals surface area contributed by atoms with Crippen molar-refractivity contribution in [2.75, 3.05) is 0 Å². The monoisotopic (exact) mass is 449 g/mol. The zero-order valence-electron chi connectivity index (χ0n) is 21.6. The number of carbonyl (C=O) groups excluding carboxylic acids is 2. The quantitative estimate of drug-likeness (QED) is 0.118. The number of rotatable bonds is 24. The summed E-state index contributed by atoms with van der Waals surface area (Å²) in [6, 6.07) is 0. The van der Waals surface area contributed by atoms with Gasteiger partial charge < -0.3 is 0 Å². The third kappa shape index (κ3) is 17.7. The molecule has 1 unspecified atom stereocenters. The Labute approximate surface area is 200 Å². The van der Waals surface area contributed by atoms with Crippen LogP contribution in [0.3, 0.4) is 0 Å². The zero-order valence-corrected chi connectivity index (χ0v) is 21.6. The molecular weight excluding hydrogens is 394 g/mol. The van der Waals surface area contributed by atoms with Crippen molar-refractivity contribution in [3.05, 3.63) is 0 Å². The minimum Gasteiger partial charge on any atom is -0.296 e. The van der Waals surface area contributed by atoms with Crippen LogP contribution in [0.1, 0.15) is 167 Å². The standard InChI is InChI=1S/C29H55NO2/c1-2-3-4-5-6-7-8-9-10-11-12-13-14-15-16-17-18-19-20-21-22-23-24-25-27-26-28(31)30-29(27)32/h27H,2-26H2,1H3,(H,30,31,32). The molecule has 0 spiro atoms. The van der Waals surface area contributed by atoms with Crippen molar-refractivity contribution in [1.29, 1.82) is 0 Å². The van der Waals surface area contributed by atoms with E-state index in [1.807, 2.05) is 0 Å². The lowest BCUT2D eigenvalue weighted by atomic mass is 9.98. The van der Waals surface area contributed by atoms with Gasteiger partial charge in [-0.05, 0) is 6.42 Å². The minimum absolute atomic E-state index is 0.0441. The van der Waals surface area contributed by atoms with Gasteiger partial charge in [0.25, 0.3) is 0 Å². The molecule has 0 bridgehead atoms. The summed E-state index contributed by atoms with van der Waals surface area (Å²) in [7, 11) is 0. The first-order chi connectivity index (χ1) is 15.7. The van der Waals surface area contributed by atoms with Gasteiger partial charge in [0.2, 0.25) is 11.8 Å². The fourth-order valence-corrected chi connectivity index (χ4v) is 5.02. The zero-order chi connectivity index (χ0) is 23.1. The van der Waals surface area contributed by atoms with Crippen LogP contribution in [0.15, 0.2) is 0 Å². The van der Waals surface area contributed by atoms with E-state index in [1.165, 1.54) is 141 Å². The maximum Gasteiger partial charge on any atom is 0.230 e. The van der Waals surface area contributed by atoms with Crippen LogP contribution in [-0.4, -0.2) is 11.8 Å². The number of imide groups is 1. The summed E-state index contributed by atoms with van der Waals surface area (Å²) in [4.78, 5) is 22.7. The van der Waals surface area contributed by atoms with Crippen LogP contribution in [0.4, 0.5) is 0 Å². The molecule has 1 rings (SSSR count). The SMILES string of the molecule is CCCCCCCCCCCCCCCCCCCCCCCCCC1CC(=O)NC1=O. The lowest BCUT2D eigenvalue weighted by Gasteiger charge is -2.06. The Morgan fingerprint density at radius 1 is 0.531 bits per heavy atom. The molecule has 1 aliphatic heterocycles. The van der Waals surface area contributed by atoms with E-state index in [4.69, 9.17) is 0 Å². The molecule has 3 nitrogen and oxygen atoms in total. The van der Waals surface area contributed by atoms with Gasteiger partial charge in [0, 0.05) is 12.3 Å². The highest BCUT2D eigenvalue weighted by Gasteiger charge is 2.29. The maximum atomic E-state index is 11.5. The average molecular weight is 450 g/mol. The molecule has 1 atom stereocenters. The second-order valence-electron chi connectivity index (χ2n) is 10.4. The Hall–Kier alpha value is -0.860. The smallest absolute Gasteiger partial charge is 0.230 e. The van der Waals surface area contributed by atoms with E-state index >= 15 is 0 Å². The Balaban J connectivity index is 1.66. The molecule has 0 saturated carbocycles. The van der Waals surface area contributed by atoms with Crippen molar-refractivity contribution >= 4 is 11.8 Å². The van der Waals surface area contributed by atoms with Gasteiger partial charge >= 0.3 is 0 Å². The number of hydrogen-bond acceptors (Lipinski definition) is 2. The molecule has 32 heavy (non-hydrogen) atoms. The molecular formula is C29H55NO2. The van der Waals surface area contributed by atoms with E-state index in [9.17, 15) is 9.59 Å². The molecule has 1 N–H and O–H groups in total. The molecule has 3 heteroatoms. The van der Waals surface area contributed by atoms with Gasteiger partial charge in [-0.25, -0.2) is 0 Å². The van der Waals surface area contributed by atoms with Crippen LogP contribution in [0.5, 0.6) is 0 Å². The topological polar surface area (TPSA) is 46.2 Å². The molecule has 1 heterocycles. The fourth-order valence-electron chi connectivity index (χ4n) is 5.02. The highest BCUT2D eigenvalue weighted by molar-refractivity contribution is 6.03.